The van der Waals surface area contributed by atoms with E-state index in [-0.39, 0.29) is 0 Å². The van der Waals surface area contributed by atoms with E-state index < -0.39 is 6.55 Å². The maximum Gasteiger partial charge on any atom is 0.203 e. The molecule has 0 saturated carbocycles. The summed E-state index contributed by atoms with van der Waals surface area (Å²) >= 11 is 8.03. The molecule has 0 aromatic heterocycles. The van der Waals surface area contributed by atoms with Crippen molar-refractivity contribution in [3.63, 3.8) is 0 Å². The summed E-state index contributed by atoms with van der Waals surface area (Å²) in [6.45, 7) is -0.888. The normalized spacial score (nSPS) is 9.90. The van der Waals surface area contributed by atoms with Gasteiger partial charge in [-0.1, -0.05) is 42.7 Å². The van der Waals surface area contributed by atoms with E-state index in [9.17, 15) is 0 Å². The minimum absolute atomic E-state index is 0.818. The molecule has 10 heavy (non-hydrogen) atoms. The molecule has 0 aliphatic heterocycles. The second-order valence-corrected chi connectivity index (χ2v) is 5.47. The van der Waals surface area contributed by atoms with Crippen molar-refractivity contribution in [3.05, 3.63) is 30.3 Å². The standard InChI is InChI=1S/C6H7OPS2/c9-8(10)7-6-4-2-1-3-5-6/h1-5,9-10H. The van der Waals surface area contributed by atoms with E-state index in [1.807, 2.05) is 30.3 Å². The number of benzene rings is 1. The molecule has 1 aromatic carbocycles. The third-order valence-corrected chi connectivity index (χ3v) is 1.79. The van der Waals surface area contributed by atoms with Gasteiger partial charge in [-0.05, 0) is 12.1 Å². The van der Waals surface area contributed by atoms with Gasteiger partial charge in [0.2, 0.25) is 6.55 Å². The Balaban J connectivity index is 2.59. The van der Waals surface area contributed by atoms with Crippen LogP contribution in [0.1, 0.15) is 0 Å². The van der Waals surface area contributed by atoms with Gasteiger partial charge in [-0.25, -0.2) is 0 Å². The van der Waals surface area contributed by atoms with Crippen LogP contribution in [0.3, 0.4) is 0 Å². The summed E-state index contributed by atoms with van der Waals surface area (Å²) in [5, 5.41) is 0. The number of para-hydroxylation sites is 1. The number of rotatable bonds is 2. The molecule has 0 radical (unpaired) electrons. The molecule has 1 rings (SSSR count). The van der Waals surface area contributed by atoms with Gasteiger partial charge < -0.3 is 4.52 Å². The Hall–Kier alpha value is 0.150. The summed E-state index contributed by atoms with van der Waals surface area (Å²) in [5.74, 6) is 0.818. The quantitative estimate of drug-likeness (QED) is 0.538. The van der Waals surface area contributed by atoms with Gasteiger partial charge in [-0.3, -0.25) is 0 Å². The van der Waals surface area contributed by atoms with E-state index in [4.69, 9.17) is 4.52 Å². The van der Waals surface area contributed by atoms with Gasteiger partial charge in [0.05, 0.1) is 0 Å². The zero-order valence-electron chi connectivity index (χ0n) is 5.14. The molecule has 0 fully saturated rings. The molecule has 1 nitrogen and oxygen atoms in total. The SMILES string of the molecule is SP(S)Oc1ccccc1. The van der Waals surface area contributed by atoms with Crippen LogP contribution >= 0.6 is 31.0 Å². The lowest BCUT2D eigenvalue weighted by Gasteiger charge is -2.04. The molecule has 0 spiro atoms. The Bertz CT molecular complexity index is 190. The molecule has 54 valence electrons. The highest BCUT2D eigenvalue weighted by atomic mass is 33.1. The first kappa shape index (κ1) is 8.25. The highest BCUT2D eigenvalue weighted by Gasteiger charge is 1.95. The summed E-state index contributed by atoms with van der Waals surface area (Å²) in [6, 6.07) is 9.52. The van der Waals surface area contributed by atoms with Crippen LogP contribution in [0.2, 0.25) is 0 Å². The van der Waals surface area contributed by atoms with Crippen LogP contribution in [-0.4, -0.2) is 0 Å². The van der Waals surface area contributed by atoms with E-state index in [0.29, 0.717) is 0 Å². The molecule has 0 heterocycles. The first-order valence-corrected chi connectivity index (χ1v) is 6.26. The minimum Gasteiger partial charge on any atom is -0.453 e. The van der Waals surface area contributed by atoms with Gasteiger partial charge >= 0.3 is 0 Å². The predicted molar refractivity (Wildman–Crippen MR) is 52.0 cm³/mol. The lowest BCUT2D eigenvalue weighted by Crippen LogP contribution is -1.75. The Morgan fingerprint density at radius 2 is 1.70 bits per heavy atom. The maximum absolute atomic E-state index is 5.21. The second kappa shape index (κ2) is 4.12. The number of hydrogen-bond acceptors (Lipinski definition) is 3. The van der Waals surface area contributed by atoms with Crippen molar-refractivity contribution in [1.82, 2.24) is 0 Å². The van der Waals surface area contributed by atoms with Gasteiger partial charge in [0, 0.05) is 0 Å². The molecule has 0 bridgehead atoms. The summed E-state index contributed by atoms with van der Waals surface area (Å²) in [7, 11) is 0. The molecular formula is C6H7OPS2. The van der Waals surface area contributed by atoms with Crippen LogP contribution in [0.4, 0.5) is 0 Å². The molecule has 0 atom stereocenters. The van der Waals surface area contributed by atoms with Crippen molar-refractivity contribution >= 4 is 31.0 Å². The molecule has 0 saturated heterocycles. The smallest absolute Gasteiger partial charge is 0.203 e. The summed E-state index contributed by atoms with van der Waals surface area (Å²) < 4.78 is 5.21. The van der Waals surface area contributed by atoms with Crippen LogP contribution in [-0.2, 0) is 0 Å². The van der Waals surface area contributed by atoms with E-state index in [1.165, 1.54) is 0 Å². The van der Waals surface area contributed by atoms with Crippen molar-refractivity contribution in [2.75, 3.05) is 0 Å². The molecular weight excluding hydrogens is 183 g/mol. The predicted octanol–water partition coefficient (Wildman–Crippen LogP) is 3.15. The first-order chi connectivity index (χ1) is 4.79. The Kier molecular flexibility index (Phi) is 3.40. The lowest BCUT2D eigenvalue weighted by atomic mass is 10.3. The van der Waals surface area contributed by atoms with Crippen LogP contribution in [0.5, 0.6) is 5.75 Å². The van der Waals surface area contributed by atoms with E-state index in [0.717, 1.165) is 5.75 Å². The van der Waals surface area contributed by atoms with Crippen molar-refractivity contribution in [1.29, 1.82) is 0 Å². The van der Waals surface area contributed by atoms with Gasteiger partial charge in [-0.2, -0.15) is 0 Å². The topological polar surface area (TPSA) is 9.23 Å². The number of thiol groups is 2. The average molecular weight is 190 g/mol. The van der Waals surface area contributed by atoms with Gasteiger partial charge in [0.15, 0.2) is 0 Å². The van der Waals surface area contributed by atoms with Crippen LogP contribution < -0.4 is 4.52 Å². The lowest BCUT2D eigenvalue weighted by molar-refractivity contribution is 0.640. The van der Waals surface area contributed by atoms with Crippen LogP contribution in [0.25, 0.3) is 0 Å². The molecule has 0 unspecified atom stereocenters. The summed E-state index contributed by atoms with van der Waals surface area (Å²) in [4.78, 5) is 0. The fourth-order valence-electron chi connectivity index (χ4n) is 0.576. The fourth-order valence-corrected chi connectivity index (χ4v) is 1.45. The van der Waals surface area contributed by atoms with E-state index in [1.54, 1.807) is 0 Å². The Morgan fingerprint density at radius 1 is 1.10 bits per heavy atom. The number of hydrogen-bond donors (Lipinski definition) is 2. The Labute approximate surface area is 71.9 Å². The first-order valence-electron chi connectivity index (χ1n) is 2.70. The highest BCUT2D eigenvalue weighted by molar-refractivity contribution is 8.76. The zero-order valence-corrected chi connectivity index (χ0v) is 7.82. The summed E-state index contributed by atoms with van der Waals surface area (Å²) in [5.41, 5.74) is 0. The molecule has 0 aliphatic rings. The average Bonchev–Trinajstić information content (AvgIpc) is 1.88. The van der Waals surface area contributed by atoms with Gasteiger partial charge in [0.1, 0.15) is 5.75 Å². The monoisotopic (exact) mass is 190 g/mol. The van der Waals surface area contributed by atoms with Crippen LogP contribution in [0.15, 0.2) is 30.3 Å². The Morgan fingerprint density at radius 3 is 2.20 bits per heavy atom. The molecule has 0 N–H and O–H groups in total. The fraction of sp³-hybridized carbons (Fsp3) is 0. The molecule has 4 heteroatoms. The highest BCUT2D eigenvalue weighted by Crippen LogP contribution is 2.46. The third kappa shape index (κ3) is 2.82. The largest absolute Gasteiger partial charge is 0.453 e. The molecule has 0 aliphatic carbocycles. The summed E-state index contributed by atoms with van der Waals surface area (Å²) in [6.07, 6.45) is 0. The molecule has 0 amide bonds. The van der Waals surface area contributed by atoms with Crippen molar-refractivity contribution in [2.45, 2.75) is 0 Å². The molecule has 1 aromatic rings. The van der Waals surface area contributed by atoms with Gasteiger partial charge in [0.25, 0.3) is 0 Å². The second-order valence-electron chi connectivity index (χ2n) is 1.66. The third-order valence-electron chi connectivity index (χ3n) is 0.930. The van der Waals surface area contributed by atoms with E-state index >= 15 is 0 Å². The van der Waals surface area contributed by atoms with Crippen molar-refractivity contribution in [3.8, 4) is 5.75 Å². The van der Waals surface area contributed by atoms with Crippen molar-refractivity contribution in [2.24, 2.45) is 0 Å². The van der Waals surface area contributed by atoms with E-state index in [2.05, 4.69) is 24.5 Å². The van der Waals surface area contributed by atoms with Crippen molar-refractivity contribution < 1.29 is 4.52 Å². The van der Waals surface area contributed by atoms with Crippen LogP contribution in [0, 0.1) is 0 Å². The zero-order chi connectivity index (χ0) is 7.40. The van der Waals surface area contributed by atoms with Gasteiger partial charge in [-0.15, -0.1) is 0 Å². The minimum atomic E-state index is -0.888. The maximum atomic E-state index is 5.21.